The van der Waals surface area contributed by atoms with E-state index in [1.54, 1.807) is 73.9 Å². The number of amides is 1. The van der Waals surface area contributed by atoms with Gasteiger partial charge in [-0.25, -0.2) is 0 Å². The standard InChI is InChI=1S/C26H19ClN2O5/c1-14-17(27)6-4-7-18(14)29-22(15-9-11-28-12-10-15)21(24(31)26(29)32)23(30)20-13-16-5-3-8-19(33-2)25(16)34-20/h3-13,22,31H,1-2H3. The van der Waals surface area contributed by atoms with Gasteiger partial charge in [0, 0.05) is 28.5 Å². The molecule has 4 aromatic rings. The van der Waals surface area contributed by atoms with Crippen LogP contribution in [0.3, 0.4) is 0 Å². The lowest BCUT2D eigenvalue weighted by Crippen LogP contribution is -2.31. The predicted molar refractivity (Wildman–Crippen MR) is 127 cm³/mol. The lowest BCUT2D eigenvalue weighted by atomic mass is 9.95. The fourth-order valence-electron chi connectivity index (χ4n) is 4.25. The van der Waals surface area contributed by atoms with Crippen LogP contribution in [0.25, 0.3) is 11.0 Å². The van der Waals surface area contributed by atoms with Crippen molar-refractivity contribution in [1.82, 2.24) is 4.98 Å². The Bertz CT molecular complexity index is 1480. The smallest absolute Gasteiger partial charge is 0.294 e. The molecule has 0 bridgehead atoms. The fourth-order valence-corrected chi connectivity index (χ4v) is 4.42. The van der Waals surface area contributed by atoms with Crippen molar-refractivity contribution in [2.45, 2.75) is 13.0 Å². The monoisotopic (exact) mass is 474 g/mol. The Kier molecular flexibility index (Phi) is 5.34. The molecule has 0 aliphatic carbocycles. The number of Topliss-reactive ketones (excluding diaryl/α,β-unsaturated/α-hetero) is 1. The Labute approximate surface area is 199 Å². The molecule has 2 aromatic heterocycles. The van der Waals surface area contributed by atoms with Gasteiger partial charge in [0.25, 0.3) is 5.91 Å². The Hall–Kier alpha value is -4.10. The molecule has 1 aliphatic rings. The van der Waals surface area contributed by atoms with Gasteiger partial charge in [0.1, 0.15) is 0 Å². The van der Waals surface area contributed by atoms with E-state index in [4.69, 9.17) is 20.8 Å². The Morgan fingerprint density at radius 1 is 1.15 bits per heavy atom. The van der Waals surface area contributed by atoms with Crippen LogP contribution in [0.15, 0.2) is 82.7 Å². The highest BCUT2D eigenvalue weighted by molar-refractivity contribution is 6.32. The number of aliphatic hydroxyl groups excluding tert-OH is 1. The molecule has 0 fully saturated rings. The molecule has 1 unspecified atom stereocenters. The zero-order valence-electron chi connectivity index (χ0n) is 18.3. The van der Waals surface area contributed by atoms with Gasteiger partial charge in [-0.05, 0) is 54.4 Å². The van der Waals surface area contributed by atoms with Gasteiger partial charge >= 0.3 is 0 Å². The largest absolute Gasteiger partial charge is 0.503 e. The molecule has 1 amide bonds. The minimum atomic E-state index is -0.907. The number of ether oxygens (including phenoxy) is 1. The number of aromatic nitrogens is 1. The molecule has 0 saturated carbocycles. The number of nitrogens with zero attached hydrogens (tertiary/aromatic N) is 2. The van der Waals surface area contributed by atoms with Crippen LogP contribution < -0.4 is 9.64 Å². The maximum atomic E-state index is 13.7. The van der Waals surface area contributed by atoms with Gasteiger partial charge < -0.3 is 14.3 Å². The summed E-state index contributed by atoms with van der Waals surface area (Å²) in [6.45, 7) is 1.77. The van der Waals surface area contributed by atoms with E-state index < -0.39 is 23.5 Å². The van der Waals surface area contributed by atoms with Gasteiger partial charge in [-0.3, -0.25) is 19.5 Å². The van der Waals surface area contributed by atoms with Crippen molar-refractivity contribution in [3.05, 3.63) is 100 Å². The van der Waals surface area contributed by atoms with Crippen molar-refractivity contribution in [2.75, 3.05) is 12.0 Å². The van der Waals surface area contributed by atoms with E-state index in [-0.39, 0.29) is 11.3 Å². The number of aliphatic hydroxyl groups is 1. The number of rotatable bonds is 5. The summed E-state index contributed by atoms with van der Waals surface area (Å²) in [5.41, 5.74) is 2.05. The number of carbonyl (C=O) groups is 2. The summed E-state index contributed by atoms with van der Waals surface area (Å²) in [4.78, 5) is 32.5. The first-order valence-corrected chi connectivity index (χ1v) is 10.8. The maximum Gasteiger partial charge on any atom is 0.294 e. The predicted octanol–water partition coefficient (Wildman–Crippen LogP) is 5.58. The molecule has 0 radical (unpaired) electrons. The molecule has 3 heterocycles. The third-order valence-corrected chi connectivity index (χ3v) is 6.33. The molecular formula is C26H19ClN2O5. The number of halogens is 1. The molecule has 34 heavy (non-hydrogen) atoms. The minimum Gasteiger partial charge on any atom is -0.503 e. The first-order chi connectivity index (χ1) is 16.4. The average molecular weight is 475 g/mol. The Morgan fingerprint density at radius 3 is 2.62 bits per heavy atom. The molecule has 170 valence electrons. The zero-order chi connectivity index (χ0) is 24.0. The number of methoxy groups -OCH3 is 1. The van der Waals surface area contributed by atoms with E-state index in [1.165, 1.54) is 12.0 Å². The van der Waals surface area contributed by atoms with Crippen LogP contribution in [-0.4, -0.2) is 28.9 Å². The lowest BCUT2D eigenvalue weighted by Gasteiger charge is -2.28. The van der Waals surface area contributed by atoms with Crippen LogP contribution in [0.4, 0.5) is 5.69 Å². The summed E-state index contributed by atoms with van der Waals surface area (Å²) in [6.07, 6.45) is 3.12. The molecule has 5 rings (SSSR count). The second kappa shape index (κ2) is 8.35. The number of hydrogen-bond donors (Lipinski definition) is 1. The second-order valence-electron chi connectivity index (χ2n) is 7.82. The highest BCUT2D eigenvalue weighted by atomic mass is 35.5. The second-order valence-corrected chi connectivity index (χ2v) is 8.23. The average Bonchev–Trinajstić information content (AvgIpc) is 3.40. The summed E-state index contributed by atoms with van der Waals surface area (Å²) in [5.74, 6) is -1.49. The molecule has 1 atom stereocenters. The normalized spacial score (nSPS) is 15.9. The first kappa shape index (κ1) is 21.7. The van der Waals surface area contributed by atoms with Gasteiger partial charge in [-0.1, -0.05) is 29.8 Å². The topological polar surface area (TPSA) is 92.9 Å². The number of pyridine rings is 1. The third kappa shape index (κ3) is 3.33. The zero-order valence-corrected chi connectivity index (χ0v) is 19.0. The number of hydrogen-bond acceptors (Lipinski definition) is 6. The fraction of sp³-hybridized carbons (Fsp3) is 0.115. The molecule has 2 aromatic carbocycles. The van der Waals surface area contributed by atoms with E-state index in [1.807, 2.05) is 0 Å². The molecule has 0 spiro atoms. The summed E-state index contributed by atoms with van der Waals surface area (Å²) in [5, 5.41) is 12.1. The number of para-hydroxylation sites is 1. The first-order valence-electron chi connectivity index (χ1n) is 10.5. The van der Waals surface area contributed by atoms with Crippen molar-refractivity contribution in [3.8, 4) is 5.75 Å². The van der Waals surface area contributed by atoms with Crippen molar-refractivity contribution in [2.24, 2.45) is 0 Å². The summed E-state index contributed by atoms with van der Waals surface area (Å²) < 4.78 is 11.2. The van der Waals surface area contributed by atoms with Gasteiger partial charge in [0.2, 0.25) is 5.78 Å². The molecule has 8 heteroatoms. The highest BCUT2D eigenvalue weighted by Crippen LogP contribution is 2.44. The molecule has 0 saturated heterocycles. The Balaban J connectivity index is 1.68. The van der Waals surface area contributed by atoms with Gasteiger partial charge in [-0.2, -0.15) is 0 Å². The van der Waals surface area contributed by atoms with Crippen molar-refractivity contribution < 1.29 is 23.8 Å². The number of furan rings is 1. The van der Waals surface area contributed by atoms with Crippen molar-refractivity contribution in [3.63, 3.8) is 0 Å². The molecule has 1 N–H and O–H groups in total. The maximum absolute atomic E-state index is 13.7. The van der Waals surface area contributed by atoms with Crippen LogP contribution in [0, 0.1) is 6.92 Å². The van der Waals surface area contributed by atoms with Gasteiger partial charge in [-0.15, -0.1) is 0 Å². The minimum absolute atomic E-state index is 0.0161. The SMILES string of the molecule is COc1cccc2cc(C(=O)C3=C(O)C(=O)N(c4cccc(Cl)c4C)C3c3ccncc3)oc12. The summed E-state index contributed by atoms with van der Waals surface area (Å²) >= 11 is 6.32. The van der Waals surface area contributed by atoms with E-state index in [2.05, 4.69) is 4.98 Å². The molecular weight excluding hydrogens is 456 g/mol. The van der Waals surface area contributed by atoms with Crippen molar-refractivity contribution >= 4 is 39.9 Å². The molecule has 1 aliphatic heterocycles. The van der Waals surface area contributed by atoms with E-state index in [0.717, 1.165) is 0 Å². The number of ketones is 1. The summed E-state index contributed by atoms with van der Waals surface area (Å²) in [6, 6.07) is 14.5. The summed E-state index contributed by atoms with van der Waals surface area (Å²) in [7, 11) is 1.51. The quantitative estimate of drug-likeness (QED) is 0.379. The van der Waals surface area contributed by atoms with Crippen LogP contribution in [0.5, 0.6) is 5.75 Å². The van der Waals surface area contributed by atoms with Gasteiger partial charge in [0.15, 0.2) is 22.9 Å². The van der Waals surface area contributed by atoms with Crippen LogP contribution in [0.2, 0.25) is 5.02 Å². The van der Waals surface area contributed by atoms with E-state index >= 15 is 0 Å². The third-order valence-electron chi connectivity index (χ3n) is 5.92. The number of carbonyl (C=O) groups excluding carboxylic acids is 2. The number of anilines is 1. The lowest BCUT2D eigenvalue weighted by molar-refractivity contribution is -0.117. The van der Waals surface area contributed by atoms with Crippen LogP contribution in [-0.2, 0) is 4.79 Å². The number of benzene rings is 2. The van der Waals surface area contributed by atoms with Crippen LogP contribution in [0.1, 0.15) is 27.7 Å². The molecule has 7 nitrogen and oxygen atoms in total. The van der Waals surface area contributed by atoms with E-state index in [0.29, 0.717) is 38.6 Å². The van der Waals surface area contributed by atoms with Crippen molar-refractivity contribution in [1.29, 1.82) is 0 Å². The van der Waals surface area contributed by atoms with E-state index in [9.17, 15) is 14.7 Å². The van der Waals surface area contributed by atoms with Crippen LogP contribution >= 0.6 is 11.6 Å². The Morgan fingerprint density at radius 2 is 1.88 bits per heavy atom. The highest BCUT2D eigenvalue weighted by Gasteiger charge is 2.46. The number of fused-ring (bicyclic) bond motifs is 1. The van der Waals surface area contributed by atoms with Gasteiger partial charge in [0.05, 0.1) is 18.7 Å².